The monoisotopic (exact) mass is 328 g/mol. The molecule has 124 valence electrons. The number of hydrogen-bond acceptors (Lipinski definition) is 3. The summed E-state index contributed by atoms with van der Waals surface area (Å²) in [6, 6.07) is 6.51. The Kier molecular flexibility index (Phi) is 7.90. The molecule has 6 nitrogen and oxygen atoms in total. The van der Waals surface area contributed by atoms with Crippen LogP contribution in [-0.4, -0.2) is 37.0 Å². The largest absolute Gasteiger partial charge is 0.352 e. The molecule has 0 unspecified atom stereocenters. The predicted molar refractivity (Wildman–Crippen MR) is 89.9 cm³/mol. The van der Waals surface area contributed by atoms with E-state index in [0.29, 0.717) is 25.2 Å². The van der Waals surface area contributed by atoms with Crippen molar-refractivity contribution in [2.45, 2.75) is 20.4 Å². The summed E-state index contributed by atoms with van der Waals surface area (Å²) in [5.41, 5.74) is 12.1. The summed E-state index contributed by atoms with van der Waals surface area (Å²) in [6.07, 6.45) is 0. The van der Waals surface area contributed by atoms with Crippen LogP contribution in [-0.2, 0) is 6.54 Å². The second-order valence-corrected chi connectivity index (χ2v) is 5.94. The average Bonchev–Trinajstić information content (AvgIpc) is 2.44. The lowest BCUT2D eigenvalue weighted by molar-refractivity contribution is 0.0740. The summed E-state index contributed by atoms with van der Waals surface area (Å²) < 4.78 is 0. The van der Waals surface area contributed by atoms with Gasteiger partial charge in [0.05, 0.1) is 0 Å². The molecule has 0 aromatic heterocycles. The quantitative estimate of drug-likeness (QED) is 0.734. The van der Waals surface area contributed by atoms with Gasteiger partial charge in [0.2, 0.25) is 0 Å². The number of amides is 3. The second kappa shape index (κ2) is 8.60. The van der Waals surface area contributed by atoms with Crippen LogP contribution in [0.3, 0.4) is 0 Å². The van der Waals surface area contributed by atoms with Gasteiger partial charge in [0.15, 0.2) is 0 Å². The first-order valence-electron chi connectivity index (χ1n) is 6.83. The number of rotatable bonds is 6. The van der Waals surface area contributed by atoms with E-state index < -0.39 is 6.03 Å². The number of benzene rings is 1. The van der Waals surface area contributed by atoms with Crippen LogP contribution < -0.4 is 16.8 Å². The SMILES string of the molecule is CN(CC(C)(C)CN)C(=O)c1ccc(CNC(N)=O)cc1.Cl. The highest BCUT2D eigenvalue weighted by molar-refractivity contribution is 5.94. The van der Waals surface area contributed by atoms with E-state index in [-0.39, 0.29) is 23.7 Å². The molecule has 1 aromatic rings. The number of hydrogen-bond donors (Lipinski definition) is 3. The van der Waals surface area contributed by atoms with Crippen LogP contribution in [0.2, 0.25) is 0 Å². The molecule has 3 amide bonds. The fraction of sp³-hybridized carbons (Fsp3) is 0.467. The molecule has 0 saturated heterocycles. The Bertz CT molecular complexity index is 503. The molecule has 0 heterocycles. The summed E-state index contributed by atoms with van der Waals surface area (Å²) in [7, 11) is 1.77. The average molecular weight is 329 g/mol. The van der Waals surface area contributed by atoms with Crippen LogP contribution in [0.1, 0.15) is 29.8 Å². The topological polar surface area (TPSA) is 101 Å². The van der Waals surface area contributed by atoms with E-state index in [0.717, 1.165) is 5.56 Å². The molecule has 0 aliphatic rings. The van der Waals surface area contributed by atoms with E-state index in [1.54, 1.807) is 36.2 Å². The molecule has 0 radical (unpaired) electrons. The maximum atomic E-state index is 12.3. The third-order valence-corrected chi connectivity index (χ3v) is 3.23. The zero-order valence-corrected chi connectivity index (χ0v) is 14.1. The van der Waals surface area contributed by atoms with E-state index in [1.807, 2.05) is 13.8 Å². The first-order valence-corrected chi connectivity index (χ1v) is 6.83. The summed E-state index contributed by atoms with van der Waals surface area (Å²) in [6.45, 7) is 5.50. The third kappa shape index (κ3) is 6.32. The number of carbonyl (C=O) groups is 2. The summed E-state index contributed by atoms with van der Waals surface area (Å²) in [5, 5.41) is 2.50. The van der Waals surface area contributed by atoms with E-state index in [1.165, 1.54) is 0 Å². The Hall–Kier alpha value is -1.79. The number of carbonyl (C=O) groups excluding carboxylic acids is 2. The van der Waals surface area contributed by atoms with Crippen molar-refractivity contribution in [1.82, 2.24) is 10.2 Å². The standard InChI is InChI=1S/C15H24N4O2.ClH/c1-15(2,9-16)10-19(3)13(20)12-6-4-11(5-7-12)8-18-14(17)21;/h4-7H,8-10,16H2,1-3H3,(H3,17,18,21);1H. The van der Waals surface area contributed by atoms with Crippen molar-refractivity contribution in [1.29, 1.82) is 0 Å². The molecule has 0 bridgehead atoms. The highest BCUT2D eigenvalue weighted by Crippen LogP contribution is 2.16. The van der Waals surface area contributed by atoms with Crippen LogP contribution in [0.15, 0.2) is 24.3 Å². The molecule has 0 saturated carbocycles. The van der Waals surface area contributed by atoms with Crippen LogP contribution in [0.4, 0.5) is 4.79 Å². The zero-order valence-electron chi connectivity index (χ0n) is 13.3. The molecule has 5 N–H and O–H groups in total. The fourth-order valence-electron chi connectivity index (χ4n) is 1.95. The van der Waals surface area contributed by atoms with Gasteiger partial charge in [-0.05, 0) is 29.7 Å². The van der Waals surface area contributed by atoms with Crippen molar-refractivity contribution in [2.24, 2.45) is 16.9 Å². The Morgan fingerprint density at radius 3 is 2.23 bits per heavy atom. The van der Waals surface area contributed by atoms with Crippen molar-refractivity contribution in [3.05, 3.63) is 35.4 Å². The molecule has 22 heavy (non-hydrogen) atoms. The van der Waals surface area contributed by atoms with Gasteiger partial charge in [-0.25, -0.2) is 4.79 Å². The van der Waals surface area contributed by atoms with E-state index in [4.69, 9.17) is 11.5 Å². The molecular formula is C15H25ClN4O2. The second-order valence-electron chi connectivity index (χ2n) is 5.94. The maximum absolute atomic E-state index is 12.3. The van der Waals surface area contributed by atoms with Gasteiger partial charge in [-0.1, -0.05) is 26.0 Å². The van der Waals surface area contributed by atoms with Gasteiger partial charge in [0, 0.05) is 25.7 Å². The number of nitrogens with two attached hydrogens (primary N) is 2. The van der Waals surface area contributed by atoms with Crippen molar-refractivity contribution >= 4 is 24.3 Å². The van der Waals surface area contributed by atoms with Crippen LogP contribution >= 0.6 is 12.4 Å². The molecule has 7 heteroatoms. The number of halogens is 1. The van der Waals surface area contributed by atoms with E-state index in [2.05, 4.69) is 5.32 Å². The van der Waals surface area contributed by atoms with Gasteiger partial charge < -0.3 is 21.7 Å². The number of nitrogens with one attached hydrogen (secondary N) is 1. The first-order chi connectivity index (χ1) is 9.75. The third-order valence-electron chi connectivity index (χ3n) is 3.23. The van der Waals surface area contributed by atoms with Gasteiger partial charge >= 0.3 is 6.03 Å². The first kappa shape index (κ1) is 20.2. The molecule has 1 rings (SSSR count). The molecule has 1 aromatic carbocycles. The molecule has 0 fully saturated rings. The van der Waals surface area contributed by atoms with Gasteiger partial charge in [-0.2, -0.15) is 0 Å². The van der Waals surface area contributed by atoms with Crippen LogP contribution in [0.5, 0.6) is 0 Å². The van der Waals surface area contributed by atoms with Crippen LogP contribution in [0.25, 0.3) is 0 Å². The van der Waals surface area contributed by atoms with Crippen molar-refractivity contribution < 1.29 is 9.59 Å². The number of urea groups is 1. The lowest BCUT2D eigenvalue weighted by Gasteiger charge is -2.29. The van der Waals surface area contributed by atoms with Crippen molar-refractivity contribution in [3.8, 4) is 0 Å². The molecule has 0 aliphatic carbocycles. The highest BCUT2D eigenvalue weighted by atomic mass is 35.5. The van der Waals surface area contributed by atoms with Crippen molar-refractivity contribution in [2.75, 3.05) is 20.1 Å². The molecule has 0 aliphatic heterocycles. The Labute approximate surface area is 137 Å². The smallest absolute Gasteiger partial charge is 0.312 e. The predicted octanol–water partition coefficient (Wildman–Crippen LogP) is 1.33. The summed E-state index contributed by atoms with van der Waals surface area (Å²) in [5.74, 6) is -0.0501. The Morgan fingerprint density at radius 2 is 1.77 bits per heavy atom. The van der Waals surface area contributed by atoms with Gasteiger partial charge in [-0.3, -0.25) is 4.79 Å². The Balaban J connectivity index is 0.00000441. The van der Waals surface area contributed by atoms with E-state index >= 15 is 0 Å². The van der Waals surface area contributed by atoms with Crippen LogP contribution in [0, 0.1) is 5.41 Å². The van der Waals surface area contributed by atoms with Gasteiger partial charge in [-0.15, -0.1) is 12.4 Å². The van der Waals surface area contributed by atoms with E-state index in [9.17, 15) is 9.59 Å². The van der Waals surface area contributed by atoms with Gasteiger partial charge in [0.25, 0.3) is 5.91 Å². The number of nitrogens with zero attached hydrogens (tertiary/aromatic N) is 1. The molecule has 0 atom stereocenters. The zero-order chi connectivity index (χ0) is 16.0. The normalized spacial score (nSPS) is 10.5. The highest BCUT2D eigenvalue weighted by Gasteiger charge is 2.21. The summed E-state index contributed by atoms with van der Waals surface area (Å²) >= 11 is 0. The minimum atomic E-state index is -0.570. The minimum absolute atomic E-state index is 0. The Morgan fingerprint density at radius 1 is 1.23 bits per heavy atom. The summed E-state index contributed by atoms with van der Waals surface area (Å²) in [4.78, 5) is 24.6. The molecular weight excluding hydrogens is 304 g/mol. The van der Waals surface area contributed by atoms with Gasteiger partial charge in [0.1, 0.15) is 0 Å². The van der Waals surface area contributed by atoms with Crippen molar-refractivity contribution in [3.63, 3.8) is 0 Å². The number of primary amides is 1. The lowest BCUT2D eigenvalue weighted by atomic mass is 9.93. The lowest BCUT2D eigenvalue weighted by Crippen LogP contribution is -2.39. The fourth-order valence-corrected chi connectivity index (χ4v) is 1.95. The molecule has 0 spiro atoms. The maximum Gasteiger partial charge on any atom is 0.312 e. The minimum Gasteiger partial charge on any atom is -0.352 e.